The number of carbonyl (C=O) groups is 1. The van der Waals surface area contributed by atoms with E-state index in [4.69, 9.17) is 4.74 Å². The quantitative estimate of drug-likeness (QED) is 0.766. The van der Waals surface area contributed by atoms with Crippen molar-refractivity contribution >= 4 is 21.6 Å². The van der Waals surface area contributed by atoms with Crippen molar-refractivity contribution in [3.8, 4) is 0 Å². The number of methoxy groups -OCH3 is 1. The number of hydrogen-bond acceptors (Lipinski definition) is 4. The van der Waals surface area contributed by atoms with E-state index in [0.29, 0.717) is 18.8 Å². The summed E-state index contributed by atoms with van der Waals surface area (Å²) in [5.74, 6) is -0.341. The molecular weight excluding hydrogens is 340 g/mol. The summed E-state index contributed by atoms with van der Waals surface area (Å²) in [6.45, 7) is 2.68. The number of aryl methyl sites for hydroxylation is 1. The van der Waals surface area contributed by atoms with Crippen LogP contribution in [0.4, 0.5) is 5.69 Å². The van der Waals surface area contributed by atoms with Gasteiger partial charge in [0.25, 0.3) is 15.9 Å². The molecule has 0 aliphatic carbocycles. The van der Waals surface area contributed by atoms with E-state index in [2.05, 4.69) is 5.32 Å². The number of amides is 1. The molecule has 0 unspecified atom stereocenters. The third-order valence-electron chi connectivity index (χ3n) is 3.74. The minimum absolute atomic E-state index is 0.0648. The van der Waals surface area contributed by atoms with Crippen molar-refractivity contribution in [3.05, 3.63) is 59.7 Å². The van der Waals surface area contributed by atoms with Crippen molar-refractivity contribution in [3.63, 3.8) is 0 Å². The van der Waals surface area contributed by atoms with Gasteiger partial charge in [-0.15, -0.1) is 0 Å². The number of ether oxygens (including phenoxy) is 1. The first kappa shape index (κ1) is 19.0. The van der Waals surface area contributed by atoms with Crippen LogP contribution in [0.5, 0.6) is 0 Å². The third kappa shape index (κ3) is 4.58. The lowest BCUT2D eigenvalue weighted by Gasteiger charge is -2.20. The van der Waals surface area contributed by atoms with Crippen LogP contribution in [0, 0.1) is 6.92 Å². The summed E-state index contributed by atoms with van der Waals surface area (Å²) in [5, 5.41) is 2.67. The molecule has 0 aliphatic rings. The van der Waals surface area contributed by atoms with Crippen LogP contribution >= 0.6 is 0 Å². The second-order valence-electron chi connectivity index (χ2n) is 5.58. The Morgan fingerprint density at radius 3 is 2.48 bits per heavy atom. The summed E-state index contributed by atoms with van der Waals surface area (Å²) in [4.78, 5) is 12.2. The van der Waals surface area contributed by atoms with E-state index in [9.17, 15) is 13.2 Å². The second-order valence-corrected chi connectivity index (χ2v) is 7.55. The minimum Gasteiger partial charge on any atom is -0.383 e. The topological polar surface area (TPSA) is 75.7 Å². The average Bonchev–Trinajstić information content (AvgIpc) is 2.62. The number of anilines is 1. The highest BCUT2D eigenvalue weighted by Gasteiger charge is 2.22. The van der Waals surface area contributed by atoms with Crippen LogP contribution in [0.25, 0.3) is 0 Å². The molecule has 0 saturated heterocycles. The van der Waals surface area contributed by atoms with Crippen molar-refractivity contribution in [1.82, 2.24) is 5.32 Å². The molecule has 0 radical (unpaired) electrons. The molecule has 134 valence electrons. The molecule has 2 aromatic carbocycles. The second kappa shape index (κ2) is 8.13. The molecule has 0 saturated carbocycles. The van der Waals surface area contributed by atoms with Gasteiger partial charge in [0.05, 0.1) is 17.2 Å². The van der Waals surface area contributed by atoms with E-state index < -0.39 is 10.0 Å². The number of rotatable bonds is 7. The van der Waals surface area contributed by atoms with Crippen molar-refractivity contribution < 1.29 is 17.9 Å². The molecule has 1 N–H and O–H groups in total. The van der Waals surface area contributed by atoms with Crippen LogP contribution < -0.4 is 9.62 Å². The van der Waals surface area contributed by atoms with Crippen LogP contribution in [0.2, 0.25) is 0 Å². The smallest absolute Gasteiger partial charge is 0.264 e. The van der Waals surface area contributed by atoms with E-state index in [1.54, 1.807) is 31.4 Å². The van der Waals surface area contributed by atoms with Gasteiger partial charge in [-0.1, -0.05) is 23.8 Å². The van der Waals surface area contributed by atoms with Crippen LogP contribution in [0.15, 0.2) is 53.4 Å². The zero-order chi connectivity index (χ0) is 18.4. The van der Waals surface area contributed by atoms with Crippen molar-refractivity contribution in [2.24, 2.45) is 0 Å². The van der Waals surface area contributed by atoms with Gasteiger partial charge >= 0.3 is 0 Å². The summed E-state index contributed by atoms with van der Waals surface area (Å²) in [5.41, 5.74) is 1.89. The van der Waals surface area contributed by atoms with Crippen molar-refractivity contribution in [2.45, 2.75) is 11.8 Å². The number of carbonyl (C=O) groups excluding carboxylic acids is 1. The fourth-order valence-electron chi connectivity index (χ4n) is 2.22. The van der Waals surface area contributed by atoms with Crippen molar-refractivity contribution in [2.75, 3.05) is 31.6 Å². The summed E-state index contributed by atoms with van der Waals surface area (Å²) in [7, 11) is -0.724. The molecule has 6 nitrogen and oxygen atoms in total. The first-order valence-electron chi connectivity index (χ1n) is 7.79. The van der Waals surface area contributed by atoms with Gasteiger partial charge in [0.15, 0.2) is 0 Å². The Bertz CT molecular complexity index is 832. The number of nitrogens with one attached hydrogen (secondary N) is 1. The van der Waals surface area contributed by atoms with Crippen LogP contribution in [-0.2, 0) is 14.8 Å². The van der Waals surface area contributed by atoms with Gasteiger partial charge in [-0.25, -0.2) is 8.42 Å². The molecule has 0 aliphatic heterocycles. The fraction of sp³-hybridized carbons (Fsp3) is 0.278. The number of nitrogens with zero attached hydrogens (tertiary/aromatic N) is 1. The van der Waals surface area contributed by atoms with E-state index in [-0.39, 0.29) is 16.4 Å². The van der Waals surface area contributed by atoms with Crippen LogP contribution in [-0.4, -0.2) is 41.6 Å². The number of benzene rings is 2. The summed E-state index contributed by atoms with van der Waals surface area (Å²) in [6.07, 6.45) is 0. The van der Waals surface area contributed by atoms with Crippen LogP contribution in [0.1, 0.15) is 15.9 Å². The summed E-state index contributed by atoms with van der Waals surface area (Å²) >= 11 is 0. The van der Waals surface area contributed by atoms with Crippen LogP contribution in [0.3, 0.4) is 0 Å². The standard InChI is InChI=1S/C18H22N2O4S/c1-14-7-9-16(10-8-14)20(2)25(22,23)17-6-4-5-15(13-17)18(21)19-11-12-24-3/h4-10,13H,11-12H2,1-3H3,(H,19,21). The average molecular weight is 362 g/mol. The van der Waals surface area contributed by atoms with E-state index in [1.165, 1.54) is 23.5 Å². The molecule has 0 spiro atoms. The molecule has 2 rings (SSSR count). The van der Waals surface area contributed by atoms with Crippen molar-refractivity contribution in [1.29, 1.82) is 0 Å². The SMILES string of the molecule is COCCNC(=O)c1cccc(S(=O)(=O)N(C)c2ccc(C)cc2)c1. The molecular formula is C18H22N2O4S. The van der Waals surface area contributed by atoms with Gasteiger partial charge in [-0.3, -0.25) is 9.10 Å². The van der Waals surface area contributed by atoms with Gasteiger partial charge in [-0.2, -0.15) is 0 Å². The first-order chi connectivity index (χ1) is 11.9. The molecule has 0 fully saturated rings. The molecule has 0 aromatic heterocycles. The van der Waals surface area contributed by atoms with Gasteiger partial charge < -0.3 is 10.1 Å². The molecule has 0 heterocycles. The normalized spacial score (nSPS) is 11.2. The Hall–Kier alpha value is -2.38. The lowest BCUT2D eigenvalue weighted by molar-refractivity contribution is 0.0937. The van der Waals surface area contributed by atoms with Gasteiger partial charge in [-0.05, 0) is 37.3 Å². The molecule has 7 heteroatoms. The lowest BCUT2D eigenvalue weighted by atomic mass is 10.2. The maximum absolute atomic E-state index is 12.8. The zero-order valence-electron chi connectivity index (χ0n) is 14.5. The highest BCUT2D eigenvalue weighted by atomic mass is 32.2. The van der Waals surface area contributed by atoms with Gasteiger partial charge in [0.1, 0.15) is 0 Å². The Kier molecular flexibility index (Phi) is 6.17. The summed E-state index contributed by atoms with van der Waals surface area (Å²) in [6, 6.07) is 13.2. The molecule has 2 aromatic rings. The Labute approximate surface area is 148 Å². The predicted octanol–water partition coefficient (Wildman–Crippen LogP) is 2.20. The lowest BCUT2D eigenvalue weighted by Crippen LogP contribution is -2.28. The Balaban J connectivity index is 2.26. The largest absolute Gasteiger partial charge is 0.383 e. The fourth-order valence-corrected chi connectivity index (χ4v) is 3.46. The molecule has 0 atom stereocenters. The number of sulfonamides is 1. The van der Waals surface area contributed by atoms with E-state index in [0.717, 1.165) is 5.56 Å². The highest BCUT2D eigenvalue weighted by Crippen LogP contribution is 2.23. The summed E-state index contributed by atoms with van der Waals surface area (Å²) < 4.78 is 31.7. The maximum atomic E-state index is 12.8. The van der Waals surface area contributed by atoms with Gasteiger partial charge in [0, 0.05) is 26.3 Å². The molecule has 0 bridgehead atoms. The number of hydrogen-bond donors (Lipinski definition) is 1. The maximum Gasteiger partial charge on any atom is 0.264 e. The third-order valence-corrected chi connectivity index (χ3v) is 5.53. The predicted molar refractivity (Wildman–Crippen MR) is 97.4 cm³/mol. The van der Waals surface area contributed by atoms with Gasteiger partial charge in [0.2, 0.25) is 0 Å². The molecule has 1 amide bonds. The minimum atomic E-state index is -3.76. The van der Waals surface area contributed by atoms with E-state index in [1.807, 2.05) is 19.1 Å². The monoisotopic (exact) mass is 362 g/mol. The Morgan fingerprint density at radius 2 is 1.84 bits per heavy atom. The zero-order valence-corrected chi connectivity index (χ0v) is 15.3. The highest BCUT2D eigenvalue weighted by molar-refractivity contribution is 7.92. The Morgan fingerprint density at radius 1 is 1.16 bits per heavy atom. The molecule has 25 heavy (non-hydrogen) atoms. The van der Waals surface area contributed by atoms with E-state index >= 15 is 0 Å². The first-order valence-corrected chi connectivity index (χ1v) is 9.23.